The van der Waals surface area contributed by atoms with Gasteiger partial charge in [0.25, 0.3) is 5.91 Å². The number of nitrogens with one attached hydrogen (secondary N) is 2. The lowest BCUT2D eigenvalue weighted by atomic mass is 10.00. The van der Waals surface area contributed by atoms with Crippen molar-refractivity contribution in [3.63, 3.8) is 0 Å². The molecule has 0 saturated carbocycles. The molecule has 0 atom stereocenters. The number of carbonyl (C=O) groups excluding carboxylic acids is 3. The molecule has 2 aliphatic rings. The Morgan fingerprint density at radius 2 is 1.85 bits per heavy atom. The van der Waals surface area contributed by atoms with E-state index in [2.05, 4.69) is 10.6 Å². The van der Waals surface area contributed by atoms with Gasteiger partial charge in [-0.05, 0) is 54.3 Å². The van der Waals surface area contributed by atoms with Gasteiger partial charge in [-0.2, -0.15) is 0 Å². The van der Waals surface area contributed by atoms with E-state index in [9.17, 15) is 14.4 Å². The van der Waals surface area contributed by atoms with Crippen LogP contribution in [0.4, 0.5) is 11.4 Å². The van der Waals surface area contributed by atoms with E-state index < -0.39 is 0 Å². The highest BCUT2D eigenvalue weighted by atomic mass is 16.2. The third-order valence-corrected chi connectivity index (χ3v) is 5.04. The van der Waals surface area contributed by atoms with Crippen LogP contribution in [0.15, 0.2) is 42.5 Å². The van der Waals surface area contributed by atoms with Gasteiger partial charge in [0.05, 0.1) is 0 Å². The van der Waals surface area contributed by atoms with Crippen molar-refractivity contribution in [1.82, 2.24) is 5.32 Å². The van der Waals surface area contributed by atoms with Crippen LogP contribution in [0, 0.1) is 0 Å². The number of benzene rings is 2. The number of hydrogen-bond acceptors (Lipinski definition) is 3. The maximum Gasteiger partial charge on any atom is 0.251 e. The number of rotatable bonds is 4. The summed E-state index contributed by atoms with van der Waals surface area (Å²) in [4.78, 5) is 37.5. The molecule has 138 valence electrons. The van der Waals surface area contributed by atoms with Crippen LogP contribution in [0.25, 0.3) is 0 Å². The van der Waals surface area contributed by atoms with Gasteiger partial charge in [-0.3, -0.25) is 14.4 Å². The summed E-state index contributed by atoms with van der Waals surface area (Å²) in [7, 11) is 0. The monoisotopic (exact) mass is 363 g/mol. The fourth-order valence-electron chi connectivity index (χ4n) is 3.52. The maximum atomic E-state index is 12.4. The van der Waals surface area contributed by atoms with Gasteiger partial charge in [0.1, 0.15) is 0 Å². The maximum absolute atomic E-state index is 12.4. The Kier molecular flexibility index (Phi) is 4.62. The molecule has 27 heavy (non-hydrogen) atoms. The molecular formula is C21H21N3O3. The minimum Gasteiger partial charge on any atom is -0.348 e. The largest absolute Gasteiger partial charge is 0.348 e. The second-order valence-electron chi connectivity index (χ2n) is 6.92. The van der Waals surface area contributed by atoms with Crippen LogP contribution < -0.4 is 15.5 Å². The molecule has 2 aromatic carbocycles. The lowest BCUT2D eigenvalue weighted by Gasteiger charge is -2.17. The number of hydrogen-bond donors (Lipinski definition) is 2. The number of amides is 3. The molecule has 6 nitrogen and oxygen atoms in total. The molecule has 0 unspecified atom stereocenters. The van der Waals surface area contributed by atoms with E-state index in [1.165, 1.54) is 0 Å². The Bertz CT molecular complexity index is 905. The van der Waals surface area contributed by atoms with Crippen molar-refractivity contribution in [1.29, 1.82) is 0 Å². The summed E-state index contributed by atoms with van der Waals surface area (Å²) in [6, 6.07) is 13.1. The van der Waals surface area contributed by atoms with Crippen LogP contribution in [-0.4, -0.2) is 24.3 Å². The summed E-state index contributed by atoms with van der Waals surface area (Å²) in [5.41, 5.74) is 4.24. The van der Waals surface area contributed by atoms with Crippen molar-refractivity contribution in [2.24, 2.45) is 0 Å². The normalized spacial score (nSPS) is 16.1. The molecule has 0 bridgehead atoms. The second-order valence-corrected chi connectivity index (χ2v) is 6.92. The zero-order valence-electron chi connectivity index (χ0n) is 15.0. The Morgan fingerprint density at radius 3 is 2.59 bits per heavy atom. The van der Waals surface area contributed by atoms with E-state index in [4.69, 9.17) is 0 Å². The molecule has 0 aromatic heterocycles. The number of anilines is 2. The predicted octanol–water partition coefficient (Wildman–Crippen LogP) is 2.63. The van der Waals surface area contributed by atoms with Gasteiger partial charge >= 0.3 is 0 Å². The SMILES string of the molecule is O=C1CCc2cc(C(=O)NCc3ccc(N4CCCC4=O)cc3)ccc2N1. The zero-order valence-corrected chi connectivity index (χ0v) is 15.0. The van der Waals surface area contributed by atoms with Crippen molar-refractivity contribution in [3.8, 4) is 0 Å². The van der Waals surface area contributed by atoms with E-state index >= 15 is 0 Å². The number of aryl methyl sites for hydroxylation is 1. The first-order chi connectivity index (χ1) is 13.1. The minimum absolute atomic E-state index is 0.0128. The van der Waals surface area contributed by atoms with Crippen molar-refractivity contribution >= 4 is 29.1 Å². The van der Waals surface area contributed by atoms with Crippen molar-refractivity contribution in [3.05, 3.63) is 59.2 Å². The molecule has 2 aliphatic heterocycles. The Hall–Kier alpha value is -3.15. The van der Waals surface area contributed by atoms with Crippen LogP contribution in [0.1, 0.15) is 40.7 Å². The van der Waals surface area contributed by atoms with E-state index in [1.807, 2.05) is 30.3 Å². The smallest absolute Gasteiger partial charge is 0.251 e. The first-order valence-electron chi connectivity index (χ1n) is 9.20. The molecule has 3 amide bonds. The van der Waals surface area contributed by atoms with Gasteiger partial charge in [-0.1, -0.05) is 12.1 Å². The van der Waals surface area contributed by atoms with E-state index in [1.54, 1.807) is 17.0 Å². The van der Waals surface area contributed by atoms with Gasteiger partial charge in [0, 0.05) is 42.9 Å². The highest BCUT2D eigenvalue weighted by molar-refractivity contribution is 5.98. The molecule has 0 radical (unpaired) electrons. The summed E-state index contributed by atoms with van der Waals surface area (Å²) in [6.07, 6.45) is 2.62. The third kappa shape index (κ3) is 3.69. The van der Waals surface area contributed by atoms with Gasteiger partial charge in [0.15, 0.2) is 0 Å². The van der Waals surface area contributed by atoms with Gasteiger partial charge in [0.2, 0.25) is 11.8 Å². The van der Waals surface area contributed by atoms with E-state index in [0.29, 0.717) is 31.4 Å². The van der Waals surface area contributed by atoms with Crippen LogP contribution in [0.2, 0.25) is 0 Å². The van der Waals surface area contributed by atoms with Gasteiger partial charge < -0.3 is 15.5 Å². The summed E-state index contributed by atoms with van der Waals surface area (Å²) in [6.45, 7) is 1.19. The lowest BCUT2D eigenvalue weighted by Crippen LogP contribution is -2.25. The van der Waals surface area contributed by atoms with Crippen molar-refractivity contribution in [2.75, 3.05) is 16.8 Å². The van der Waals surface area contributed by atoms with Crippen molar-refractivity contribution < 1.29 is 14.4 Å². The number of carbonyl (C=O) groups is 3. The van der Waals surface area contributed by atoms with Gasteiger partial charge in [-0.25, -0.2) is 0 Å². The average molecular weight is 363 g/mol. The molecule has 0 spiro atoms. The Labute approximate surface area is 157 Å². The van der Waals surface area contributed by atoms with Crippen LogP contribution in [0.3, 0.4) is 0 Å². The topological polar surface area (TPSA) is 78.5 Å². The second kappa shape index (κ2) is 7.23. The predicted molar refractivity (Wildman–Crippen MR) is 103 cm³/mol. The number of nitrogens with zero attached hydrogens (tertiary/aromatic N) is 1. The number of fused-ring (bicyclic) bond motifs is 1. The average Bonchev–Trinajstić information content (AvgIpc) is 3.12. The highest BCUT2D eigenvalue weighted by Gasteiger charge is 2.21. The van der Waals surface area contributed by atoms with Crippen LogP contribution in [-0.2, 0) is 22.6 Å². The first-order valence-corrected chi connectivity index (χ1v) is 9.20. The first kappa shape index (κ1) is 17.3. The summed E-state index contributed by atoms with van der Waals surface area (Å²) >= 11 is 0. The molecule has 4 rings (SSSR count). The molecular weight excluding hydrogens is 342 g/mol. The lowest BCUT2D eigenvalue weighted by molar-refractivity contribution is -0.117. The standard InChI is InChI=1S/C21H21N3O3/c25-19-10-6-15-12-16(5-9-18(15)23-19)21(27)22-13-14-3-7-17(8-4-14)24-11-1-2-20(24)26/h3-5,7-9,12H,1-2,6,10-11,13H2,(H,22,27)(H,23,25). The van der Waals surface area contributed by atoms with E-state index in [0.717, 1.165) is 35.5 Å². The summed E-state index contributed by atoms with van der Waals surface area (Å²) < 4.78 is 0. The molecule has 2 aromatic rings. The fourth-order valence-corrected chi connectivity index (χ4v) is 3.52. The molecule has 2 heterocycles. The zero-order chi connectivity index (χ0) is 18.8. The molecule has 2 N–H and O–H groups in total. The van der Waals surface area contributed by atoms with Crippen LogP contribution >= 0.6 is 0 Å². The van der Waals surface area contributed by atoms with Gasteiger partial charge in [-0.15, -0.1) is 0 Å². The Morgan fingerprint density at radius 1 is 1.04 bits per heavy atom. The summed E-state index contributed by atoms with van der Waals surface area (Å²) in [5, 5.41) is 5.74. The minimum atomic E-state index is -0.145. The fraction of sp³-hybridized carbons (Fsp3) is 0.286. The van der Waals surface area contributed by atoms with E-state index in [-0.39, 0.29) is 17.7 Å². The third-order valence-electron chi connectivity index (χ3n) is 5.04. The summed E-state index contributed by atoms with van der Waals surface area (Å²) in [5.74, 6) is 0.0342. The molecule has 6 heteroatoms. The molecule has 1 saturated heterocycles. The quantitative estimate of drug-likeness (QED) is 0.876. The molecule has 0 aliphatic carbocycles. The molecule has 1 fully saturated rings. The van der Waals surface area contributed by atoms with Crippen molar-refractivity contribution in [2.45, 2.75) is 32.2 Å². The highest BCUT2D eigenvalue weighted by Crippen LogP contribution is 2.24. The van der Waals surface area contributed by atoms with Crippen LogP contribution in [0.5, 0.6) is 0 Å². The Balaban J connectivity index is 1.38.